The van der Waals surface area contributed by atoms with E-state index in [2.05, 4.69) is 10.3 Å². The van der Waals surface area contributed by atoms with Gasteiger partial charge in [0, 0.05) is 24.7 Å². The molecule has 2 heterocycles. The monoisotopic (exact) mass is 439 g/mol. The highest BCUT2D eigenvalue weighted by atomic mass is 35.5. The fourth-order valence-electron chi connectivity index (χ4n) is 3.44. The Morgan fingerprint density at radius 3 is 2.58 bits per heavy atom. The molecule has 160 valence electrons. The third kappa shape index (κ3) is 4.86. The third-order valence-electron chi connectivity index (χ3n) is 5.19. The van der Waals surface area contributed by atoms with Crippen molar-refractivity contribution in [2.75, 3.05) is 26.7 Å². The molecule has 1 aliphatic rings. The number of amides is 2. The zero-order valence-electron chi connectivity index (χ0n) is 17.1. The first kappa shape index (κ1) is 20.9. The van der Waals surface area contributed by atoms with Gasteiger partial charge in [-0.05, 0) is 29.3 Å². The highest BCUT2D eigenvalue weighted by Crippen LogP contribution is 2.17. The lowest BCUT2D eigenvalue weighted by Crippen LogP contribution is -2.51. The smallest absolute Gasteiger partial charge is 0.276 e. The minimum atomic E-state index is -0.303. The molecule has 1 saturated heterocycles. The van der Waals surface area contributed by atoms with Gasteiger partial charge in [-0.2, -0.15) is 0 Å². The molecule has 0 radical (unpaired) electrons. The number of nitrogens with zero attached hydrogens (tertiary/aromatic N) is 5. The molecule has 1 aliphatic heterocycles. The van der Waals surface area contributed by atoms with Gasteiger partial charge in [-0.25, -0.2) is 4.68 Å². The minimum absolute atomic E-state index is 0.0202. The molecule has 3 aromatic rings. The SMILES string of the molecule is COc1ccc(CN2CCN(C(=O)c3cn(Cc4ccccc4Cl)nn3)CC2=O)cc1. The predicted octanol–water partition coefficient (Wildman–Crippen LogP) is 2.47. The average molecular weight is 440 g/mol. The molecule has 4 rings (SSSR count). The van der Waals surface area contributed by atoms with E-state index in [0.717, 1.165) is 16.9 Å². The van der Waals surface area contributed by atoms with Crippen molar-refractivity contribution in [3.05, 3.63) is 76.6 Å². The summed E-state index contributed by atoms with van der Waals surface area (Å²) in [7, 11) is 1.62. The lowest BCUT2D eigenvalue weighted by molar-refractivity contribution is -0.135. The Labute approximate surface area is 185 Å². The second-order valence-corrected chi connectivity index (χ2v) is 7.69. The highest BCUT2D eigenvalue weighted by molar-refractivity contribution is 6.31. The summed E-state index contributed by atoms with van der Waals surface area (Å²) in [6.07, 6.45) is 1.58. The van der Waals surface area contributed by atoms with Gasteiger partial charge >= 0.3 is 0 Å². The van der Waals surface area contributed by atoms with Crippen molar-refractivity contribution in [2.24, 2.45) is 0 Å². The summed E-state index contributed by atoms with van der Waals surface area (Å²) in [5.74, 6) is 0.370. The van der Waals surface area contributed by atoms with Gasteiger partial charge in [0.25, 0.3) is 5.91 Å². The molecule has 0 atom stereocenters. The summed E-state index contributed by atoms with van der Waals surface area (Å²) in [5, 5.41) is 8.64. The number of methoxy groups -OCH3 is 1. The van der Waals surface area contributed by atoms with Crippen LogP contribution in [0.4, 0.5) is 0 Å². The van der Waals surface area contributed by atoms with Crippen LogP contribution < -0.4 is 4.74 Å². The van der Waals surface area contributed by atoms with Gasteiger partial charge in [0.05, 0.1) is 19.9 Å². The first-order chi connectivity index (χ1) is 15.0. The van der Waals surface area contributed by atoms with Gasteiger partial charge in [0.15, 0.2) is 5.69 Å². The van der Waals surface area contributed by atoms with E-state index in [4.69, 9.17) is 16.3 Å². The molecule has 0 unspecified atom stereocenters. The molecule has 8 nitrogen and oxygen atoms in total. The van der Waals surface area contributed by atoms with Crippen molar-refractivity contribution < 1.29 is 14.3 Å². The van der Waals surface area contributed by atoms with Gasteiger partial charge in [0.2, 0.25) is 5.91 Å². The van der Waals surface area contributed by atoms with Crippen molar-refractivity contribution in [1.29, 1.82) is 0 Å². The van der Waals surface area contributed by atoms with E-state index in [0.29, 0.717) is 31.2 Å². The van der Waals surface area contributed by atoms with Crippen LogP contribution in [0.5, 0.6) is 5.75 Å². The Hall–Kier alpha value is -3.39. The Bertz CT molecular complexity index is 1080. The van der Waals surface area contributed by atoms with Crippen LogP contribution in [0.1, 0.15) is 21.6 Å². The molecule has 2 aromatic carbocycles. The molecule has 1 aromatic heterocycles. The summed E-state index contributed by atoms with van der Waals surface area (Å²) >= 11 is 6.18. The van der Waals surface area contributed by atoms with E-state index in [9.17, 15) is 9.59 Å². The number of hydrogen-bond donors (Lipinski definition) is 0. The van der Waals surface area contributed by atoms with Crippen LogP contribution in [0.3, 0.4) is 0 Å². The lowest BCUT2D eigenvalue weighted by Gasteiger charge is -2.34. The van der Waals surface area contributed by atoms with Crippen LogP contribution in [-0.2, 0) is 17.9 Å². The summed E-state index contributed by atoms with van der Waals surface area (Å²) in [6.45, 7) is 1.84. The third-order valence-corrected chi connectivity index (χ3v) is 5.56. The summed E-state index contributed by atoms with van der Waals surface area (Å²) in [4.78, 5) is 28.7. The number of ether oxygens (including phenoxy) is 1. The number of aromatic nitrogens is 3. The molecule has 0 N–H and O–H groups in total. The molecule has 0 spiro atoms. The van der Waals surface area contributed by atoms with E-state index >= 15 is 0 Å². The van der Waals surface area contributed by atoms with Crippen molar-refractivity contribution in [3.63, 3.8) is 0 Å². The van der Waals surface area contributed by atoms with Crippen LogP contribution in [0.25, 0.3) is 0 Å². The van der Waals surface area contributed by atoms with Gasteiger partial charge in [0.1, 0.15) is 12.3 Å². The fraction of sp³-hybridized carbons (Fsp3) is 0.273. The largest absolute Gasteiger partial charge is 0.497 e. The Morgan fingerprint density at radius 2 is 1.87 bits per heavy atom. The molecule has 9 heteroatoms. The van der Waals surface area contributed by atoms with Crippen molar-refractivity contribution in [2.45, 2.75) is 13.1 Å². The number of carbonyl (C=O) groups excluding carboxylic acids is 2. The van der Waals surface area contributed by atoms with Crippen molar-refractivity contribution >= 4 is 23.4 Å². The average Bonchev–Trinajstić information content (AvgIpc) is 3.25. The quantitative estimate of drug-likeness (QED) is 0.589. The number of piperazine rings is 1. The number of benzene rings is 2. The molecular formula is C22H22ClN5O3. The van der Waals surface area contributed by atoms with Crippen molar-refractivity contribution in [3.8, 4) is 5.75 Å². The molecular weight excluding hydrogens is 418 g/mol. The number of halogens is 1. The molecule has 1 fully saturated rings. The summed E-state index contributed by atoms with van der Waals surface area (Å²) in [5.41, 5.74) is 2.11. The van der Waals surface area contributed by atoms with Gasteiger partial charge in [-0.3, -0.25) is 9.59 Å². The fourth-order valence-corrected chi connectivity index (χ4v) is 3.63. The Kier molecular flexibility index (Phi) is 6.18. The minimum Gasteiger partial charge on any atom is -0.497 e. The predicted molar refractivity (Wildman–Crippen MR) is 115 cm³/mol. The van der Waals surface area contributed by atoms with Gasteiger partial charge in [-0.15, -0.1) is 5.10 Å². The normalized spacial score (nSPS) is 14.1. The van der Waals surface area contributed by atoms with Crippen LogP contribution in [0, 0.1) is 0 Å². The second-order valence-electron chi connectivity index (χ2n) is 7.28. The summed E-state index contributed by atoms with van der Waals surface area (Å²) < 4.78 is 6.73. The topological polar surface area (TPSA) is 80.6 Å². The summed E-state index contributed by atoms with van der Waals surface area (Å²) in [6, 6.07) is 15.0. The van der Waals surface area contributed by atoms with Gasteiger partial charge < -0.3 is 14.5 Å². The van der Waals surface area contributed by atoms with Gasteiger partial charge in [-0.1, -0.05) is 47.1 Å². The van der Waals surface area contributed by atoms with Crippen LogP contribution in [0.2, 0.25) is 5.02 Å². The second kappa shape index (κ2) is 9.18. The molecule has 31 heavy (non-hydrogen) atoms. The zero-order chi connectivity index (χ0) is 21.8. The molecule has 0 aliphatic carbocycles. The Morgan fingerprint density at radius 1 is 1.10 bits per heavy atom. The Balaban J connectivity index is 1.35. The number of carbonyl (C=O) groups is 2. The standard InChI is InChI=1S/C22H22ClN5O3/c1-31-18-8-6-16(7-9-18)12-26-10-11-27(15-21(26)29)22(30)20-14-28(25-24-20)13-17-4-2-3-5-19(17)23/h2-9,14H,10-13,15H2,1H3. The zero-order valence-corrected chi connectivity index (χ0v) is 17.8. The first-order valence-corrected chi connectivity index (χ1v) is 10.2. The van der Waals surface area contributed by atoms with Crippen LogP contribution in [0.15, 0.2) is 54.7 Å². The molecule has 0 bridgehead atoms. The maximum Gasteiger partial charge on any atom is 0.276 e. The van der Waals surface area contributed by atoms with Crippen molar-refractivity contribution in [1.82, 2.24) is 24.8 Å². The van der Waals surface area contributed by atoms with E-state index < -0.39 is 0 Å². The van der Waals surface area contributed by atoms with E-state index in [-0.39, 0.29) is 24.1 Å². The number of hydrogen-bond acceptors (Lipinski definition) is 5. The van der Waals surface area contributed by atoms with E-state index in [1.54, 1.807) is 29.0 Å². The first-order valence-electron chi connectivity index (χ1n) is 9.87. The van der Waals surface area contributed by atoms with E-state index in [1.165, 1.54) is 4.90 Å². The number of rotatable bonds is 6. The highest BCUT2D eigenvalue weighted by Gasteiger charge is 2.29. The lowest BCUT2D eigenvalue weighted by atomic mass is 10.2. The molecule has 2 amide bonds. The van der Waals surface area contributed by atoms with Crippen LogP contribution >= 0.6 is 11.6 Å². The van der Waals surface area contributed by atoms with E-state index in [1.807, 2.05) is 42.5 Å². The van der Waals surface area contributed by atoms with Crippen LogP contribution in [-0.4, -0.2) is 63.4 Å². The maximum atomic E-state index is 12.8. The maximum absolute atomic E-state index is 12.8. The molecule has 0 saturated carbocycles.